The molecule has 0 aliphatic heterocycles. The number of aromatic nitrogens is 2. The van der Waals surface area contributed by atoms with Gasteiger partial charge in [0.2, 0.25) is 0 Å². The minimum atomic E-state index is 0.856. The number of hydrogen-bond acceptors (Lipinski definition) is 3. The van der Waals surface area contributed by atoms with Crippen LogP contribution in [0.4, 0.5) is 0 Å². The molecule has 1 aromatic carbocycles. The van der Waals surface area contributed by atoms with Crippen molar-refractivity contribution in [2.75, 3.05) is 7.05 Å². The molecule has 0 aliphatic rings. The van der Waals surface area contributed by atoms with E-state index in [2.05, 4.69) is 41.6 Å². The molecule has 1 heterocycles. The van der Waals surface area contributed by atoms with Crippen LogP contribution in [0.5, 0.6) is 0 Å². The number of hydrogen-bond donors (Lipinski definition) is 1. The average molecular weight is 247 g/mol. The van der Waals surface area contributed by atoms with Crippen molar-refractivity contribution in [3.05, 3.63) is 41.6 Å². The highest BCUT2D eigenvalue weighted by Gasteiger charge is 2.13. The molecule has 90 valence electrons. The van der Waals surface area contributed by atoms with Crippen molar-refractivity contribution in [2.24, 2.45) is 7.05 Å². The summed E-state index contributed by atoms with van der Waals surface area (Å²) < 4.78 is 1.96. The molecule has 0 amide bonds. The Balaban J connectivity index is 2.31. The van der Waals surface area contributed by atoms with Crippen molar-refractivity contribution >= 4 is 11.8 Å². The fourth-order valence-corrected chi connectivity index (χ4v) is 2.82. The summed E-state index contributed by atoms with van der Waals surface area (Å²) in [5, 5.41) is 8.89. The van der Waals surface area contributed by atoms with E-state index in [1.54, 1.807) is 11.8 Å². The molecule has 0 spiro atoms. The first kappa shape index (κ1) is 12.2. The highest BCUT2D eigenvalue weighted by molar-refractivity contribution is 7.99. The van der Waals surface area contributed by atoms with Gasteiger partial charge in [-0.25, -0.2) is 0 Å². The molecular formula is C13H17N3S. The largest absolute Gasteiger partial charge is 0.316 e. The van der Waals surface area contributed by atoms with Gasteiger partial charge in [0, 0.05) is 24.1 Å². The van der Waals surface area contributed by atoms with Crippen LogP contribution in [0.15, 0.2) is 40.3 Å². The average Bonchev–Trinajstić information content (AvgIpc) is 2.58. The summed E-state index contributed by atoms with van der Waals surface area (Å²) >= 11 is 1.76. The van der Waals surface area contributed by atoms with Gasteiger partial charge in [-0.1, -0.05) is 30.0 Å². The first-order chi connectivity index (χ1) is 8.22. The van der Waals surface area contributed by atoms with Crippen LogP contribution >= 0.6 is 11.8 Å². The molecule has 0 saturated carbocycles. The Hall–Kier alpha value is -1.26. The van der Waals surface area contributed by atoms with Crippen LogP contribution in [-0.4, -0.2) is 16.8 Å². The molecule has 4 heteroatoms. The molecule has 0 saturated heterocycles. The van der Waals surface area contributed by atoms with E-state index in [0.29, 0.717) is 0 Å². The molecule has 0 radical (unpaired) electrons. The van der Waals surface area contributed by atoms with Gasteiger partial charge in [0.15, 0.2) is 0 Å². The molecule has 0 bridgehead atoms. The number of benzene rings is 1. The van der Waals surface area contributed by atoms with E-state index in [1.807, 2.05) is 24.8 Å². The van der Waals surface area contributed by atoms with Crippen molar-refractivity contribution in [3.8, 4) is 0 Å². The summed E-state index contributed by atoms with van der Waals surface area (Å²) in [5.74, 6) is 0. The minimum Gasteiger partial charge on any atom is -0.316 e. The molecule has 0 unspecified atom stereocenters. The quantitative estimate of drug-likeness (QED) is 0.900. The van der Waals surface area contributed by atoms with Crippen LogP contribution in [0, 0.1) is 6.92 Å². The molecule has 3 nitrogen and oxygen atoms in total. The molecule has 0 fully saturated rings. The summed E-state index contributed by atoms with van der Waals surface area (Å²) in [6.45, 7) is 2.91. The van der Waals surface area contributed by atoms with Crippen molar-refractivity contribution in [1.29, 1.82) is 0 Å². The summed E-state index contributed by atoms with van der Waals surface area (Å²) in [6, 6.07) is 10.4. The predicted molar refractivity (Wildman–Crippen MR) is 71.3 cm³/mol. The maximum atomic E-state index is 4.48. The van der Waals surface area contributed by atoms with Crippen molar-refractivity contribution in [2.45, 2.75) is 23.4 Å². The third-order valence-electron chi connectivity index (χ3n) is 2.60. The molecule has 0 atom stereocenters. The van der Waals surface area contributed by atoms with Gasteiger partial charge in [0.05, 0.1) is 5.69 Å². The second-order valence-corrected chi connectivity index (χ2v) is 5.00. The first-order valence-corrected chi connectivity index (χ1v) is 6.44. The van der Waals surface area contributed by atoms with E-state index in [-0.39, 0.29) is 0 Å². The van der Waals surface area contributed by atoms with Crippen molar-refractivity contribution in [1.82, 2.24) is 15.1 Å². The Labute approximate surface area is 106 Å². The molecule has 0 aliphatic carbocycles. The Morgan fingerprint density at radius 1 is 1.29 bits per heavy atom. The smallest absolute Gasteiger partial charge is 0.103 e. The Kier molecular flexibility index (Phi) is 3.86. The highest BCUT2D eigenvalue weighted by atomic mass is 32.2. The normalized spacial score (nSPS) is 10.8. The Bertz CT molecular complexity index is 491. The van der Waals surface area contributed by atoms with E-state index < -0.39 is 0 Å². The third kappa shape index (κ3) is 2.70. The van der Waals surface area contributed by atoms with Crippen LogP contribution in [0.2, 0.25) is 0 Å². The molecule has 17 heavy (non-hydrogen) atoms. The van der Waals surface area contributed by atoms with Gasteiger partial charge in [-0.05, 0) is 26.1 Å². The fraction of sp³-hybridized carbons (Fsp3) is 0.308. The van der Waals surface area contributed by atoms with Crippen LogP contribution in [0.25, 0.3) is 0 Å². The summed E-state index contributed by atoms with van der Waals surface area (Å²) in [7, 11) is 3.96. The zero-order valence-electron chi connectivity index (χ0n) is 10.4. The van der Waals surface area contributed by atoms with Gasteiger partial charge < -0.3 is 5.32 Å². The Morgan fingerprint density at radius 2 is 2.00 bits per heavy atom. The lowest BCUT2D eigenvalue weighted by molar-refractivity contribution is 0.684. The summed E-state index contributed by atoms with van der Waals surface area (Å²) in [5.41, 5.74) is 2.38. The van der Waals surface area contributed by atoms with Gasteiger partial charge in [-0.2, -0.15) is 5.10 Å². The molecule has 2 rings (SSSR count). The number of nitrogens with zero attached hydrogens (tertiary/aromatic N) is 2. The molecule has 1 N–H and O–H groups in total. The van der Waals surface area contributed by atoms with Gasteiger partial charge in [-0.3, -0.25) is 4.68 Å². The zero-order chi connectivity index (χ0) is 12.3. The zero-order valence-corrected chi connectivity index (χ0v) is 11.2. The molecule has 2 aromatic rings. The lowest BCUT2D eigenvalue weighted by atomic mass is 10.3. The second-order valence-electron chi connectivity index (χ2n) is 3.94. The summed E-state index contributed by atoms with van der Waals surface area (Å²) in [6.07, 6.45) is 0. The van der Waals surface area contributed by atoms with E-state index in [9.17, 15) is 0 Å². The number of aryl methyl sites for hydroxylation is 2. The van der Waals surface area contributed by atoms with Gasteiger partial charge >= 0.3 is 0 Å². The lowest BCUT2D eigenvalue weighted by Crippen LogP contribution is -2.06. The predicted octanol–water partition coefficient (Wildman–Crippen LogP) is 2.60. The SMILES string of the molecule is CNCc1c(C)nn(C)c1Sc1ccccc1. The fourth-order valence-electron chi connectivity index (χ4n) is 1.79. The van der Waals surface area contributed by atoms with E-state index >= 15 is 0 Å². The maximum absolute atomic E-state index is 4.48. The monoisotopic (exact) mass is 247 g/mol. The maximum Gasteiger partial charge on any atom is 0.103 e. The third-order valence-corrected chi connectivity index (χ3v) is 3.81. The Morgan fingerprint density at radius 3 is 2.65 bits per heavy atom. The van der Waals surface area contributed by atoms with Crippen molar-refractivity contribution in [3.63, 3.8) is 0 Å². The second kappa shape index (κ2) is 5.38. The van der Waals surface area contributed by atoms with E-state index in [4.69, 9.17) is 0 Å². The minimum absolute atomic E-state index is 0.856. The molecule has 1 aromatic heterocycles. The van der Waals surface area contributed by atoms with Crippen LogP contribution < -0.4 is 5.32 Å². The van der Waals surface area contributed by atoms with Gasteiger partial charge in [0.25, 0.3) is 0 Å². The standard InChI is InChI=1S/C13H17N3S/c1-10-12(9-14-2)13(16(3)15-10)17-11-7-5-4-6-8-11/h4-8,14H,9H2,1-3H3. The van der Waals surface area contributed by atoms with Crippen molar-refractivity contribution < 1.29 is 0 Å². The van der Waals surface area contributed by atoms with E-state index in [0.717, 1.165) is 12.2 Å². The van der Waals surface area contributed by atoms with Crippen LogP contribution in [-0.2, 0) is 13.6 Å². The van der Waals surface area contributed by atoms with Crippen LogP contribution in [0.1, 0.15) is 11.3 Å². The lowest BCUT2D eigenvalue weighted by Gasteiger charge is -2.05. The van der Waals surface area contributed by atoms with Gasteiger partial charge in [-0.15, -0.1) is 0 Å². The molecular weight excluding hydrogens is 230 g/mol. The van der Waals surface area contributed by atoms with E-state index in [1.165, 1.54) is 15.5 Å². The number of nitrogens with one attached hydrogen (secondary N) is 1. The summed E-state index contributed by atoms with van der Waals surface area (Å²) in [4.78, 5) is 1.24. The highest BCUT2D eigenvalue weighted by Crippen LogP contribution is 2.31. The van der Waals surface area contributed by atoms with Gasteiger partial charge in [0.1, 0.15) is 5.03 Å². The van der Waals surface area contributed by atoms with Crippen LogP contribution in [0.3, 0.4) is 0 Å². The number of rotatable bonds is 4. The topological polar surface area (TPSA) is 29.9 Å². The first-order valence-electron chi connectivity index (χ1n) is 5.62.